The maximum atomic E-state index is 12.3. The molecule has 1 N–H and O–H groups in total. The van der Waals surface area contributed by atoms with Gasteiger partial charge in [-0.05, 0) is 31.3 Å². The quantitative estimate of drug-likeness (QED) is 0.567. The number of benzene rings is 2. The van der Waals surface area contributed by atoms with Gasteiger partial charge in [0.15, 0.2) is 5.78 Å². The highest BCUT2D eigenvalue weighted by molar-refractivity contribution is 7.31. The van der Waals surface area contributed by atoms with Gasteiger partial charge in [0.05, 0.1) is 0 Å². The van der Waals surface area contributed by atoms with Gasteiger partial charge in [0.25, 0.3) is 0 Å². The summed E-state index contributed by atoms with van der Waals surface area (Å²) in [4.78, 5) is 23.2. The van der Waals surface area contributed by atoms with Crippen LogP contribution in [0, 0.1) is 0 Å². The molecule has 1 unspecified atom stereocenters. The zero-order chi connectivity index (χ0) is 16.5. The van der Waals surface area contributed by atoms with Crippen LogP contribution in [0.25, 0.3) is 0 Å². The van der Waals surface area contributed by atoms with Gasteiger partial charge < -0.3 is 14.5 Å². The zero-order valence-corrected chi connectivity index (χ0v) is 14.2. The summed E-state index contributed by atoms with van der Waals surface area (Å²) in [6, 6.07) is 16.5. The van der Waals surface area contributed by atoms with Crippen molar-refractivity contribution in [3.05, 3.63) is 65.7 Å². The van der Waals surface area contributed by atoms with Crippen LogP contribution in [-0.2, 0) is 0 Å². The van der Waals surface area contributed by atoms with E-state index in [1.807, 2.05) is 49.5 Å². The smallest absolute Gasteiger partial charge is 0.193 e. The Bertz CT molecular complexity index is 601. The average Bonchev–Trinajstić information content (AvgIpc) is 2.60. The minimum absolute atomic E-state index is 0.00204. The molecule has 0 spiro atoms. The van der Waals surface area contributed by atoms with E-state index in [1.54, 1.807) is 12.1 Å². The number of carbonyl (C=O) groups is 1. The zero-order valence-electron chi connectivity index (χ0n) is 13.2. The fraction of sp³-hybridized carbons (Fsp3) is 0.278. The van der Waals surface area contributed by atoms with Crippen molar-refractivity contribution in [1.82, 2.24) is 4.90 Å². The molecule has 0 aliphatic rings. The lowest BCUT2D eigenvalue weighted by Gasteiger charge is -2.16. The van der Waals surface area contributed by atoms with E-state index >= 15 is 0 Å². The standard InChI is InChI=1S/C18H22NO3P/c1-19(12-14-23-21)11-13-22-17-9-7-16(8-10-17)18(20)15-5-3-2-4-6-15/h2-10,21,23H,11-14H2,1H3. The minimum Gasteiger partial charge on any atom is -0.492 e. The van der Waals surface area contributed by atoms with Gasteiger partial charge >= 0.3 is 0 Å². The van der Waals surface area contributed by atoms with E-state index < -0.39 is 0 Å². The lowest BCUT2D eigenvalue weighted by atomic mass is 10.0. The van der Waals surface area contributed by atoms with Crippen molar-refractivity contribution in [1.29, 1.82) is 0 Å². The topological polar surface area (TPSA) is 49.8 Å². The first kappa shape index (κ1) is 17.6. The van der Waals surface area contributed by atoms with Gasteiger partial charge in [-0.2, -0.15) is 0 Å². The summed E-state index contributed by atoms with van der Waals surface area (Å²) in [5, 5.41) is 0. The molecule has 0 saturated carbocycles. The van der Waals surface area contributed by atoms with Gasteiger partial charge in [0, 0.05) is 39.2 Å². The molecule has 0 bridgehead atoms. The van der Waals surface area contributed by atoms with Crippen molar-refractivity contribution in [3.63, 3.8) is 0 Å². The summed E-state index contributed by atoms with van der Waals surface area (Å²) < 4.78 is 5.68. The Morgan fingerprint density at radius 1 is 1.04 bits per heavy atom. The van der Waals surface area contributed by atoms with Crippen LogP contribution in [0.2, 0.25) is 0 Å². The fourth-order valence-electron chi connectivity index (χ4n) is 2.13. The second-order valence-electron chi connectivity index (χ2n) is 5.28. The Balaban J connectivity index is 1.84. The maximum absolute atomic E-state index is 12.3. The second-order valence-corrected chi connectivity index (χ2v) is 6.10. The average molecular weight is 331 g/mol. The van der Waals surface area contributed by atoms with Crippen LogP contribution in [0.1, 0.15) is 15.9 Å². The molecule has 0 amide bonds. The summed E-state index contributed by atoms with van der Waals surface area (Å²) in [6.45, 7) is 2.25. The lowest BCUT2D eigenvalue weighted by molar-refractivity contribution is 0.103. The van der Waals surface area contributed by atoms with Gasteiger partial charge in [-0.15, -0.1) is 0 Å². The van der Waals surface area contributed by atoms with Crippen LogP contribution in [-0.4, -0.2) is 48.5 Å². The molecule has 0 heterocycles. The van der Waals surface area contributed by atoms with Gasteiger partial charge in [-0.25, -0.2) is 0 Å². The molecule has 4 nitrogen and oxygen atoms in total. The predicted octanol–water partition coefficient (Wildman–Crippen LogP) is 2.81. The van der Waals surface area contributed by atoms with Crippen molar-refractivity contribution < 1.29 is 14.4 Å². The van der Waals surface area contributed by atoms with Gasteiger partial charge in [-0.3, -0.25) is 4.79 Å². The Morgan fingerprint density at radius 3 is 2.35 bits per heavy atom. The molecule has 2 rings (SSSR count). The van der Waals surface area contributed by atoms with E-state index in [0.717, 1.165) is 25.0 Å². The fourth-order valence-corrected chi connectivity index (χ4v) is 2.61. The Labute approximate surface area is 139 Å². The first-order chi connectivity index (χ1) is 11.2. The molecule has 1 atom stereocenters. The molecular formula is C18H22NO3P. The molecule has 2 aromatic rings. The molecule has 0 fully saturated rings. The molecule has 2 aromatic carbocycles. The molecule has 0 saturated heterocycles. The monoisotopic (exact) mass is 331 g/mol. The van der Waals surface area contributed by atoms with Crippen LogP contribution >= 0.6 is 8.81 Å². The summed E-state index contributed by atoms with van der Waals surface area (Å²) in [5.41, 5.74) is 1.34. The van der Waals surface area contributed by atoms with Crippen molar-refractivity contribution in [2.24, 2.45) is 0 Å². The summed E-state index contributed by atoms with van der Waals surface area (Å²) in [6.07, 6.45) is 0.798. The number of ether oxygens (including phenoxy) is 1. The molecule has 5 heteroatoms. The molecule has 122 valence electrons. The van der Waals surface area contributed by atoms with Crippen LogP contribution < -0.4 is 4.74 Å². The van der Waals surface area contributed by atoms with Crippen molar-refractivity contribution in [2.45, 2.75) is 0 Å². The van der Waals surface area contributed by atoms with Crippen LogP contribution in [0.4, 0.5) is 0 Å². The SMILES string of the molecule is CN(CCOc1ccc(C(=O)c2ccccc2)cc1)CCPO. The third kappa shape index (κ3) is 5.76. The number of hydrogen-bond donors (Lipinski definition) is 1. The van der Waals surface area contributed by atoms with Crippen LogP contribution in [0.3, 0.4) is 0 Å². The summed E-state index contributed by atoms with van der Waals surface area (Å²) >= 11 is 0. The highest BCUT2D eigenvalue weighted by atomic mass is 31.1. The normalized spacial score (nSPS) is 11.3. The van der Waals surface area contributed by atoms with E-state index in [4.69, 9.17) is 9.63 Å². The predicted molar refractivity (Wildman–Crippen MR) is 94.7 cm³/mol. The maximum Gasteiger partial charge on any atom is 0.193 e. The lowest BCUT2D eigenvalue weighted by Crippen LogP contribution is -2.26. The van der Waals surface area contributed by atoms with Gasteiger partial charge in [0.1, 0.15) is 12.4 Å². The number of rotatable bonds is 9. The molecule has 0 aliphatic heterocycles. The van der Waals surface area contributed by atoms with Gasteiger partial charge in [0.2, 0.25) is 0 Å². The van der Waals surface area contributed by atoms with Crippen LogP contribution in [0.15, 0.2) is 54.6 Å². The van der Waals surface area contributed by atoms with Crippen LogP contribution in [0.5, 0.6) is 5.75 Å². The highest BCUT2D eigenvalue weighted by Gasteiger charge is 2.08. The third-order valence-electron chi connectivity index (χ3n) is 3.50. The third-order valence-corrected chi connectivity index (χ3v) is 3.95. The molecule has 0 aromatic heterocycles. The summed E-state index contributed by atoms with van der Waals surface area (Å²) in [5.74, 6) is 0.772. The van der Waals surface area contributed by atoms with E-state index in [9.17, 15) is 4.79 Å². The Kier molecular flexibility index (Phi) is 7.21. The Hall–Kier alpha value is -1.74. The first-order valence-electron chi connectivity index (χ1n) is 7.59. The largest absolute Gasteiger partial charge is 0.492 e. The Morgan fingerprint density at radius 2 is 1.70 bits per heavy atom. The number of carbonyl (C=O) groups excluding carboxylic acids is 1. The molecule has 0 aliphatic carbocycles. The number of nitrogens with zero attached hydrogens (tertiary/aromatic N) is 1. The minimum atomic E-state index is -0.00204. The van der Waals surface area contributed by atoms with E-state index in [0.29, 0.717) is 17.7 Å². The summed E-state index contributed by atoms with van der Waals surface area (Å²) in [7, 11) is 2.00. The first-order valence-corrected chi connectivity index (χ1v) is 8.74. The molecule has 0 radical (unpaired) electrons. The molecular weight excluding hydrogens is 309 g/mol. The molecule has 23 heavy (non-hydrogen) atoms. The van der Waals surface area contributed by atoms with E-state index in [1.165, 1.54) is 0 Å². The van der Waals surface area contributed by atoms with Crippen molar-refractivity contribution in [3.8, 4) is 5.75 Å². The second kappa shape index (κ2) is 9.41. The number of likely N-dealkylation sites (N-methyl/N-ethyl adjacent to an activating group) is 1. The number of ketones is 1. The van der Waals surface area contributed by atoms with E-state index in [-0.39, 0.29) is 14.6 Å². The highest BCUT2D eigenvalue weighted by Crippen LogP contribution is 2.15. The van der Waals surface area contributed by atoms with E-state index in [2.05, 4.69) is 4.90 Å². The van der Waals surface area contributed by atoms with Gasteiger partial charge in [-0.1, -0.05) is 30.3 Å². The van der Waals surface area contributed by atoms with Crippen molar-refractivity contribution in [2.75, 3.05) is 32.9 Å². The van der Waals surface area contributed by atoms with Crippen molar-refractivity contribution >= 4 is 14.6 Å². The number of hydrogen-bond acceptors (Lipinski definition) is 4.